The predicted molar refractivity (Wildman–Crippen MR) is 72.0 cm³/mol. The summed E-state index contributed by atoms with van der Waals surface area (Å²) in [5.74, 6) is 0. The molecule has 1 aromatic rings. The van der Waals surface area contributed by atoms with Crippen LogP contribution in [0.3, 0.4) is 0 Å². The lowest BCUT2D eigenvalue weighted by molar-refractivity contribution is 0.202. The number of hydrogen-bond acceptors (Lipinski definition) is 3. The molecule has 96 valence electrons. The number of nitrogens with one attached hydrogen (secondary N) is 1. The molecule has 3 nitrogen and oxygen atoms in total. The standard InChI is InChI=1S/C15H21N3/c1-14(2,13-6-3-4-9-18-13)11-17-12-15(10-16)7-5-8-15/h3-4,6,9,17H,5,7-8,11-12H2,1-2H3. The molecule has 1 saturated carbocycles. The van der Waals surface area contributed by atoms with E-state index in [0.717, 1.165) is 31.6 Å². The fourth-order valence-corrected chi connectivity index (χ4v) is 2.40. The maximum atomic E-state index is 9.18. The highest BCUT2D eigenvalue weighted by Crippen LogP contribution is 2.39. The SMILES string of the molecule is CC(C)(CNCC1(C#N)CCC1)c1ccccn1. The Morgan fingerprint density at radius 1 is 1.44 bits per heavy atom. The summed E-state index contributed by atoms with van der Waals surface area (Å²) in [6.45, 7) is 6.03. The minimum atomic E-state index is -0.0970. The minimum absolute atomic E-state index is 0.00164. The van der Waals surface area contributed by atoms with E-state index < -0.39 is 0 Å². The quantitative estimate of drug-likeness (QED) is 0.865. The van der Waals surface area contributed by atoms with Gasteiger partial charge in [-0.05, 0) is 25.0 Å². The van der Waals surface area contributed by atoms with E-state index in [9.17, 15) is 5.26 Å². The van der Waals surface area contributed by atoms with Crippen molar-refractivity contribution >= 4 is 0 Å². The molecule has 1 fully saturated rings. The molecular formula is C15H21N3. The van der Waals surface area contributed by atoms with Gasteiger partial charge >= 0.3 is 0 Å². The van der Waals surface area contributed by atoms with Gasteiger partial charge in [-0.25, -0.2) is 0 Å². The van der Waals surface area contributed by atoms with Crippen LogP contribution < -0.4 is 5.32 Å². The number of nitrogens with zero attached hydrogens (tertiary/aromatic N) is 2. The van der Waals surface area contributed by atoms with E-state index in [1.54, 1.807) is 0 Å². The van der Waals surface area contributed by atoms with E-state index in [1.165, 1.54) is 6.42 Å². The van der Waals surface area contributed by atoms with E-state index in [4.69, 9.17) is 0 Å². The summed E-state index contributed by atoms with van der Waals surface area (Å²) >= 11 is 0. The molecule has 1 aliphatic rings. The number of nitriles is 1. The third-order valence-electron chi connectivity index (χ3n) is 3.94. The molecule has 0 aliphatic heterocycles. The maximum absolute atomic E-state index is 9.18. The first-order valence-electron chi connectivity index (χ1n) is 6.62. The molecule has 1 aliphatic carbocycles. The van der Waals surface area contributed by atoms with Crippen molar-refractivity contribution in [3.63, 3.8) is 0 Å². The predicted octanol–water partition coefficient (Wildman–Crippen LogP) is 2.64. The van der Waals surface area contributed by atoms with Crippen molar-refractivity contribution < 1.29 is 0 Å². The second-order valence-electron chi connectivity index (χ2n) is 5.95. The van der Waals surface area contributed by atoms with Gasteiger partial charge in [0.05, 0.1) is 11.5 Å². The molecule has 0 atom stereocenters. The molecule has 0 saturated heterocycles. The zero-order valence-corrected chi connectivity index (χ0v) is 11.2. The number of hydrogen-bond donors (Lipinski definition) is 1. The van der Waals surface area contributed by atoms with Crippen LogP contribution in [-0.4, -0.2) is 18.1 Å². The largest absolute Gasteiger partial charge is 0.314 e. The van der Waals surface area contributed by atoms with Gasteiger partial charge < -0.3 is 5.32 Å². The highest BCUT2D eigenvalue weighted by atomic mass is 14.9. The molecule has 18 heavy (non-hydrogen) atoms. The third kappa shape index (κ3) is 2.70. The van der Waals surface area contributed by atoms with Crippen LogP contribution >= 0.6 is 0 Å². The van der Waals surface area contributed by atoms with E-state index >= 15 is 0 Å². The molecule has 0 unspecified atom stereocenters. The van der Waals surface area contributed by atoms with E-state index in [0.29, 0.717) is 0 Å². The zero-order chi connectivity index (χ0) is 13.1. The van der Waals surface area contributed by atoms with Gasteiger partial charge in [-0.15, -0.1) is 0 Å². The summed E-state index contributed by atoms with van der Waals surface area (Å²) < 4.78 is 0. The molecule has 0 aromatic carbocycles. The minimum Gasteiger partial charge on any atom is -0.314 e. The summed E-state index contributed by atoms with van der Waals surface area (Å²) in [6.07, 6.45) is 5.11. The van der Waals surface area contributed by atoms with Gasteiger partial charge in [-0.3, -0.25) is 4.98 Å². The van der Waals surface area contributed by atoms with Crippen LogP contribution in [0.2, 0.25) is 0 Å². The normalized spacial score (nSPS) is 17.8. The van der Waals surface area contributed by atoms with Gasteiger partial charge in [0, 0.05) is 30.4 Å². The monoisotopic (exact) mass is 243 g/mol. The number of rotatable bonds is 5. The Labute approximate surface area is 109 Å². The molecule has 0 amide bonds. The average Bonchev–Trinajstić information content (AvgIpc) is 2.34. The highest BCUT2D eigenvalue weighted by molar-refractivity contribution is 5.15. The van der Waals surface area contributed by atoms with Crippen LogP contribution in [0.4, 0.5) is 0 Å². The molecule has 1 N–H and O–H groups in total. The van der Waals surface area contributed by atoms with Crippen molar-refractivity contribution in [1.82, 2.24) is 10.3 Å². The average molecular weight is 243 g/mol. The Bertz CT molecular complexity index is 427. The Kier molecular flexibility index (Phi) is 3.68. The van der Waals surface area contributed by atoms with Gasteiger partial charge in [0.25, 0.3) is 0 Å². The van der Waals surface area contributed by atoms with Crippen molar-refractivity contribution in [2.24, 2.45) is 5.41 Å². The molecule has 2 rings (SSSR count). The van der Waals surface area contributed by atoms with Gasteiger partial charge in [0.1, 0.15) is 0 Å². The van der Waals surface area contributed by atoms with Gasteiger partial charge in [0.2, 0.25) is 0 Å². The van der Waals surface area contributed by atoms with Crippen LogP contribution in [0.5, 0.6) is 0 Å². The van der Waals surface area contributed by atoms with E-state index in [-0.39, 0.29) is 10.8 Å². The Balaban J connectivity index is 1.88. The first-order valence-corrected chi connectivity index (χ1v) is 6.62. The maximum Gasteiger partial charge on any atom is 0.0703 e. The number of aromatic nitrogens is 1. The summed E-state index contributed by atoms with van der Waals surface area (Å²) in [5, 5.41) is 12.6. The topological polar surface area (TPSA) is 48.7 Å². The summed E-state index contributed by atoms with van der Waals surface area (Å²) in [5.41, 5.74) is 0.999. The van der Waals surface area contributed by atoms with Gasteiger partial charge in [0.15, 0.2) is 0 Å². The van der Waals surface area contributed by atoms with Crippen molar-refractivity contribution in [1.29, 1.82) is 5.26 Å². The molecule has 3 heteroatoms. The molecule has 0 bridgehead atoms. The Hall–Kier alpha value is -1.40. The fraction of sp³-hybridized carbons (Fsp3) is 0.600. The molecule has 1 heterocycles. The first kappa shape index (κ1) is 13.0. The lowest BCUT2D eigenvalue weighted by Crippen LogP contribution is -2.43. The van der Waals surface area contributed by atoms with Crippen LogP contribution in [0.25, 0.3) is 0 Å². The Morgan fingerprint density at radius 2 is 2.22 bits per heavy atom. The second kappa shape index (κ2) is 5.07. The third-order valence-corrected chi connectivity index (χ3v) is 3.94. The van der Waals surface area contributed by atoms with Crippen LogP contribution in [0.1, 0.15) is 38.8 Å². The first-order chi connectivity index (χ1) is 8.58. The lowest BCUT2D eigenvalue weighted by atomic mass is 9.70. The van der Waals surface area contributed by atoms with E-state index in [2.05, 4.69) is 36.3 Å². The second-order valence-corrected chi connectivity index (χ2v) is 5.95. The van der Waals surface area contributed by atoms with Crippen LogP contribution in [0, 0.1) is 16.7 Å². The zero-order valence-electron chi connectivity index (χ0n) is 11.2. The molecule has 1 aromatic heterocycles. The van der Waals surface area contributed by atoms with Gasteiger partial charge in [-0.1, -0.05) is 26.3 Å². The van der Waals surface area contributed by atoms with Crippen molar-refractivity contribution in [2.75, 3.05) is 13.1 Å². The molecule has 0 radical (unpaired) electrons. The van der Waals surface area contributed by atoms with Crippen LogP contribution in [-0.2, 0) is 5.41 Å². The summed E-state index contributed by atoms with van der Waals surface area (Å²) in [7, 11) is 0. The van der Waals surface area contributed by atoms with Crippen molar-refractivity contribution in [3.05, 3.63) is 30.1 Å². The smallest absolute Gasteiger partial charge is 0.0703 e. The Morgan fingerprint density at radius 3 is 2.72 bits per heavy atom. The lowest BCUT2D eigenvalue weighted by Gasteiger charge is -2.36. The van der Waals surface area contributed by atoms with Crippen molar-refractivity contribution in [3.8, 4) is 6.07 Å². The summed E-state index contributed by atoms with van der Waals surface area (Å²) in [6, 6.07) is 8.48. The van der Waals surface area contributed by atoms with Crippen LogP contribution in [0.15, 0.2) is 24.4 Å². The summed E-state index contributed by atoms with van der Waals surface area (Å²) in [4.78, 5) is 4.41. The molecule has 0 spiro atoms. The van der Waals surface area contributed by atoms with Crippen molar-refractivity contribution in [2.45, 2.75) is 38.5 Å². The highest BCUT2D eigenvalue weighted by Gasteiger charge is 2.37. The number of pyridine rings is 1. The van der Waals surface area contributed by atoms with E-state index in [1.807, 2.05) is 18.3 Å². The van der Waals surface area contributed by atoms with Gasteiger partial charge in [-0.2, -0.15) is 5.26 Å². The fourth-order valence-electron chi connectivity index (χ4n) is 2.40. The molecular weight excluding hydrogens is 222 g/mol.